The molecular weight excluding hydrogens is 186 g/mol. The number of anilines is 1. The van der Waals surface area contributed by atoms with Crippen LogP contribution in [0, 0.1) is 18.8 Å². The van der Waals surface area contributed by atoms with Gasteiger partial charge in [0.05, 0.1) is 0 Å². The predicted octanol–water partition coefficient (Wildman–Crippen LogP) is 2.98. The molecule has 1 aromatic carbocycles. The number of carbonyl (C=O) groups is 1. The summed E-state index contributed by atoms with van der Waals surface area (Å²) in [6.45, 7) is 7.61. The van der Waals surface area contributed by atoms with Gasteiger partial charge >= 0.3 is 0 Å². The number of hydrogen-bond donors (Lipinski definition) is 1. The van der Waals surface area contributed by atoms with Gasteiger partial charge in [0, 0.05) is 5.69 Å². The molecule has 0 aliphatic rings. The third-order valence-electron chi connectivity index (χ3n) is 1.51. The number of carbonyl (C=O) groups excluding carboxylic acids is 1. The first kappa shape index (κ1) is 13.2. The highest BCUT2D eigenvalue weighted by atomic mass is 16.1. The van der Waals surface area contributed by atoms with Crippen molar-refractivity contribution in [2.75, 3.05) is 5.32 Å². The van der Waals surface area contributed by atoms with Crippen molar-refractivity contribution in [3.05, 3.63) is 29.8 Å². The van der Waals surface area contributed by atoms with Crippen LogP contribution < -0.4 is 5.32 Å². The molecular formula is C13H17NO. The van der Waals surface area contributed by atoms with E-state index in [9.17, 15) is 4.79 Å². The second kappa shape index (κ2) is 7.64. The topological polar surface area (TPSA) is 29.1 Å². The average molecular weight is 203 g/mol. The summed E-state index contributed by atoms with van der Waals surface area (Å²) in [5.41, 5.74) is 1.90. The molecule has 2 nitrogen and oxygen atoms in total. The molecule has 80 valence electrons. The van der Waals surface area contributed by atoms with E-state index in [2.05, 4.69) is 17.2 Å². The maximum Gasteiger partial charge on any atom is 0.300 e. The van der Waals surface area contributed by atoms with Gasteiger partial charge in [-0.25, -0.2) is 0 Å². The van der Waals surface area contributed by atoms with Crippen molar-refractivity contribution in [2.24, 2.45) is 0 Å². The number of aryl methyl sites for hydroxylation is 1. The molecule has 1 N–H and O–H groups in total. The third kappa shape index (κ3) is 5.53. The molecule has 0 fully saturated rings. The monoisotopic (exact) mass is 203 g/mol. The fraction of sp³-hybridized carbons (Fsp3) is 0.308. The Labute approximate surface area is 91.7 Å². The molecule has 0 aliphatic carbocycles. The first-order valence-electron chi connectivity index (χ1n) is 5.03. The minimum absolute atomic E-state index is 0.270. The zero-order chi connectivity index (χ0) is 11.7. The predicted molar refractivity (Wildman–Crippen MR) is 64.6 cm³/mol. The summed E-state index contributed by atoms with van der Waals surface area (Å²) in [6.07, 6.45) is 0. The Kier molecular flexibility index (Phi) is 6.74. The van der Waals surface area contributed by atoms with Crippen LogP contribution in [0.3, 0.4) is 0 Å². The van der Waals surface area contributed by atoms with E-state index in [0.717, 1.165) is 11.3 Å². The largest absolute Gasteiger partial charge is 0.315 e. The van der Waals surface area contributed by atoms with Crippen LogP contribution in [0.5, 0.6) is 0 Å². The van der Waals surface area contributed by atoms with Crippen LogP contribution in [0.15, 0.2) is 24.3 Å². The van der Waals surface area contributed by atoms with E-state index in [4.69, 9.17) is 0 Å². The summed E-state index contributed by atoms with van der Waals surface area (Å²) in [6, 6.07) is 7.60. The smallest absolute Gasteiger partial charge is 0.300 e. The number of benzene rings is 1. The van der Waals surface area contributed by atoms with Gasteiger partial charge in [0.15, 0.2) is 0 Å². The van der Waals surface area contributed by atoms with Crippen LogP contribution in [-0.4, -0.2) is 5.91 Å². The van der Waals surface area contributed by atoms with E-state index in [0.29, 0.717) is 0 Å². The number of amides is 1. The lowest BCUT2D eigenvalue weighted by atomic mass is 10.2. The lowest BCUT2D eigenvalue weighted by Gasteiger charge is -2.00. The van der Waals surface area contributed by atoms with Crippen LogP contribution in [0.1, 0.15) is 26.3 Å². The van der Waals surface area contributed by atoms with Crippen LogP contribution in [0.4, 0.5) is 5.69 Å². The summed E-state index contributed by atoms with van der Waals surface area (Å²) in [7, 11) is 0. The van der Waals surface area contributed by atoms with Crippen molar-refractivity contribution in [1.82, 2.24) is 0 Å². The molecule has 0 unspecified atom stereocenters. The Hall–Kier alpha value is -1.75. The molecule has 0 radical (unpaired) electrons. The van der Waals surface area contributed by atoms with Crippen LogP contribution >= 0.6 is 0 Å². The van der Waals surface area contributed by atoms with Crippen molar-refractivity contribution in [3.63, 3.8) is 0 Å². The zero-order valence-electron chi connectivity index (χ0n) is 9.72. The molecule has 0 saturated carbocycles. The van der Waals surface area contributed by atoms with Crippen molar-refractivity contribution in [3.8, 4) is 11.8 Å². The van der Waals surface area contributed by atoms with Crippen molar-refractivity contribution >= 4 is 11.6 Å². The van der Waals surface area contributed by atoms with E-state index in [1.807, 2.05) is 45.0 Å². The quantitative estimate of drug-likeness (QED) is 0.698. The molecule has 15 heavy (non-hydrogen) atoms. The van der Waals surface area contributed by atoms with Gasteiger partial charge in [-0.1, -0.05) is 31.9 Å². The fourth-order valence-electron chi connectivity index (χ4n) is 0.999. The Balaban J connectivity index is 0.000000921. The van der Waals surface area contributed by atoms with E-state index < -0.39 is 0 Å². The van der Waals surface area contributed by atoms with Gasteiger partial charge in [-0.15, -0.1) is 0 Å². The second-order valence-electron chi connectivity index (χ2n) is 2.70. The maximum absolute atomic E-state index is 11.0. The normalized spacial score (nSPS) is 7.73. The van der Waals surface area contributed by atoms with Crippen LogP contribution in [-0.2, 0) is 4.79 Å². The molecule has 2 heteroatoms. The van der Waals surface area contributed by atoms with Crippen LogP contribution in [0.2, 0.25) is 0 Å². The van der Waals surface area contributed by atoms with Crippen molar-refractivity contribution < 1.29 is 4.79 Å². The van der Waals surface area contributed by atoms with E-state index in [1.54, 1.807) is 6.92 Å². The highest BCUT2D eigenvalue weighted by Gasteiger charge is 1.96. The molecule has 0 spiro atoms. The summed E-state index contributed by atoms with van der Waals surface area (Å²) < 4.78 is 0. The van der Waals surface area contributed by atoms with Crippen molar-refractivity contribution in [1.29, 1.82) is 0 Å². The highest BCUT2D eigenvalue weighted by molar-refractivity contribution is 6.03. The van der Waals surface area contributed by atoms with Crippen molar-refractivity contribution in [2.45, 2.75) is 27.7 Å². The van der Waals surface area contributed by atoms with E-state index in [1.165, 1.54) is 0 Å². The van der Waals surface area contributed by atoms with E-state index >= 15 is 0 Å². The summed E-state index contributed by atoms with van der Waals surface area (Å²) >= 11 is 0. The minimum atomic E-state index is -0.270. The molecule has 1 rings (SSSR count). The second-order valence-corrected chi connectivity index (χ2v) is 2.70. The molecule has 1 amide bonds. The Morgan fingerprint density at radius 1 is 1.33 bits per heavy atom. The highest BCUT2D eigenvalue weighted by Crippen LogP contribution is 2.08. The fourth-order valence-corrected chi connectivity index (χ4v) is 0.999. The van der Waals surface area contributed by atoms with Crippen LogP contribution in [0.25, 0.3) is 0 Å². The summed E-state index contributed by atoms with van der Waals surface area (Å²) in [4.78, 5) is 11.0. The number of nitrogens with one attached hydrogen (secondary N) is 1. The van der Waals surface area contributed by atoms with Gasteiger partial charge in [0.25, 0.3) is 5.91 Å². The lowest BCUT2D eigenvalue weighted by Crippen LogP contribution is -2.08. The average Bonchev–Trinajstić information content (AvgIpc) is 2.21. The van der Waals surface area contributed by atoms with Gasteiger partial charge in [-0.3, -0.25) is 4.79 Å². The number of rotatable bonds is 1. The molecule has 0 saturated heterocycles. The van der Waals surface area contributed by atoms with Gasteiger partial charge < -0.3 is 5.32 Å². The standard InChI is InChI=1S/C11H11NO.C2H6/c1-3-5-11(13)12-10-7-4-6-9(2)8-10;1-2/h4,6-8H,1-2H3,(H,12,13);1-2H3. The Morgan fingerprint density at radius 2 is 2.00 bits per heavy atom. The van der Waals surface area contributed by atoms with E-state index in [-0.39, 0.29) is 5.91 Å². The van der Waals surface area contributed by atoms with Gasteiger partial charge in [0.2, 0.25) is 0 Å². The SMILES string of the molecule is CC.CC#CC(=O)Nc1cccc(C)c1. The molecule has 0 aliphatic heterocycles. The summed E-state index contributed by atoms with van der Waals surface area (Å²) in [5.74, 6) is 4.68. The first-order valence-corrected chi connectivity index (χ1v) is 5.03. The first-order chi connectivity index (χ1) is 7.22. The maximum atomic E-state index is 11.0. The lowest BCUT2D eigenvalue weighted by molar-refractivity contribution is -0.111. The number of hydrogen-bond acceptors (Lipinski definition) is 1. The van der Waals surface area contributed by atoms with Gasteiger partial charge in [-0.05, 0) is 37.5 Å². The Morgan fingerprint density at radius 3 is 2.53 bits per heavy atom. The molecule has 0 bridgehead atoms. The molecule has 0 heterocycles. The Bertz CT molecular complexity index is 372. The molecule has 0 atom stereocenters. The molecule has 1 aromatic rings. The summed E-state index contributed by atoms with van der Waals surface area (Å²) in [5, 5.41) is 2.67. The van der Waals surface area contributed by atoms with Gasteiger partial charge in [-0.2, -0.15) is 0 Å². The minimum Gasteiger partial charge on any atom is -0.315 e. The van der Waals surface area contributed by atoms with Gasteiger partial charge in [0.1, 0.15) is 0 Å². The molecule has 0 aromatic heterocycles. The third-order valence-corrected chi connectivity index (χ3v) is 1.51. The zero-order valence-corrected chi connectivity index (χ0v) is 9.72.